The second-order valence-corrected chi connectivity index (χ2v) is 4.39. The maximum atomic E-state index is 5.61. The van der Waals surface area contributed by atoms with Crippen LogP contribution in [0.25, 0.3) is 10.8 Å². The molecule has 0 fully saturated rings. The Labute approximate surface area is 98.9 Å². The Balaban J connectivity index is 2.08. The zero-order chi connectivity index (χ0) is 11.4. The van der Waals surface area contributed by atoms with Crippen molar-refractivity contribution in [2.45, 2.75) is 20.4 Å². The number of nitrogens with zero attached hydrogens (tertiary/aromatic N) is 3. The van der Waals surface area contributed by atoms with Gasteiger partial charge in [-0.05, 0) is 24.5 Å². The lowest BCUT2D eigenvalue weighted by atomic mass is 10.4. The minimum absolute atomic E-state index is 0.622. The maximum Gasteiger partial charge on any atom is 0.257 e. The lowest BCUT2D eigenvalue weighted by molar-refractivity contribution is 0.264. The Bertz CT molecular complexity index is 420. The van der Waals surface area contributed by atoms with Crippen molar-refractivity contribution in [1.29, 1.82) is 0 Å². The van der Waals surface area contributed by atoms with Crippen LogP contribution in [-0.4, -0.2) is 28.2 Å². The minimum Gasteiger partial charge on any atom is -0.419 e. The fraction of sp³-hybridized carbons (Fsp3) is 0.455. The summed E-state index contributed by atoms with van der Waals surface area (Å²) in [5.74, 6) is 1.31. The smallest absolute Gasteiger partial charge is 0.257 e. The van der Waals surface area contributed by atoms with Gasteiger partial charge in [0, 0.05) is 0 Å². The highest BCUT2D eigenvalue weighted by molar-refractivity contribution is 7.13. The van der Waals surface area contributed by atoms with E-state index in [4.69, 9.17) is 4.42 Å². The Hall–Kier alpha value is -1.20. The standard InChI is InChI=1S/C11H15N3OS/c1-3-14(4-2)8-10-12-13-11(15-10)9-6-5-7-16-9/h5-7H,3-4,8H2,1-2H3. The van der Waals surface area contributed by atoms with Crippen LogP contribution in [0.3, 0.4) is 0 Å². The van der Waals surface area contributed by atoms with Gasteiger partial charge in [-0.25, -0.2) is 0 Å². The number of thiophene rings is 1. The molecular weight excluding hydrogens is 222 g/mol. The lowest BCUT2D eigenvalue weighted by Gasteiger charge is -2.14. The summed E-state index contributed by atoms with van der Waals surface area (Å²) in [5.41, 5.74) is 0. The van der Waals surface area contributed by atoms with Gasteiger partial charge in [-0.15, -0.1) is 21.5 Å². The van der Waals surface area contributed by atoms with Gasteiger partial charge in [0.2, 0.25) is 5.89 Å². The SMILES string of the molecule is CCN(CC)Cc1nnc(-c2cccs2)o1. The van der Waals surface area contributed by atoms with Crippen LogP contribution in [-0.2, 0) is 6.54 Å². The van der Waals surface area contributed by atoms with Crippen molar-refractivity contribution in [3.05, 3.63) is 23.4 Å². The van der Waals surface area contributed by atoms with E-state index in [1.807, 2.05) is 17.5 Å². The van der Waals surface area contributed by atoms with Gasteiger partial charge in [0.25, 0.3) is 5.89 Å². The van der Waals surface area contributed by atoms with E-state index in [1.165, 1.54) is 0 Å². The average molecular weight is 237 g/mol. The first-order chi connectivity index (χ1) is 7.83. The molecule has 0 N–H and O–H groups in total. The van der Waals surface area contributed by atoms with Crippen molar-refractivity contribution in [1.82, 2.24) is 15.1 Å². The molecule has 0 spiro atoms. The van der Waals surface area contributed by atoms with Gasteiger partial charge in [0.05, 0.1) is 11.4 Å². The van der Waals surface area contributed by atoms with E-state index in [2.05, 4.69) is 28.9 Å². The predicted octanol–water partition coefficient (Wildman–Crippen LogP) is 2.64. The van der Waals surface area contributed by atoms with E-state index in [0.29, 0.717) is 11.8 Å². The van der Waals surface area contributed by atoms with Crippen LogP contribution >= 0.6 is 11.3 Å². The third-order valence-corrected chi connectivity index (χ3v) is 3.31. The molecule has 2 heterocycles. The van der Waals surface area contributed by atoms with Crippen LogP contribution in [0.1, 0.15) is 19.7 Å². The van der Waals surface area contributed by atoms with Gasteiger partial charge in [-0.3, -0.25) is 4.90 Å². The fourth-order valence-corrected chi connectivity index (χ4v) is 2.10. The van der Waals surface area contributed by atoms with Gasteiger partial charge < -0.3 is 4.42 Å². The van der Waals surface area contributed by atoms with E-state index >= 15 is 0 Å². The fourth-order valence-electron chi connectivity index (χ4n) is 1.46. The summed E-state index contributed by atoms with van der Waals surface area (Å²) >= 11 is 1.61. The molecule has 0 amide bonds. The maximum absolute atomic E-state index is 5.61. The van der Waals surface area contributed by atoms with Crippen molar-refractivity contribution < 1.29 is 4.42 Å². The summed E-state index contributed by atoms with van der Waals surface area (Å²) in [7, 11) is 0. The van der Waals surface area contributed by atoms with Crippen LogP contribution in [0.2, 0.25) is 0 Å². The molecule has 2 rings (SSSR count). The largest absolute Gasteiger partial charge is 0.419 e. The molecule has 86 valence electrons. The Morgan fingerprint density at radius 3 is 2.75 bits per heavy atom. The summed E-state index contributed by atoms with van der Waals surface area (Å²) in [6, 6.07) is 3.97. The van der Waals surface area contributed by atoms with E-state index in [1.54, 1.807) is 11.3 Å². The van der Waals surface area contributed by atoms with Gasteiger partial charge in [-0.2, -0.15) is 0 Å². The van der Waals surface area contributed by atoms with Gasteiger partial charge in [0.1, 0.15) is 0 Å². The average Bonchev–Trinajstić information content (AvgIpc) is 2.96. The van der Waals surface area contributed by atoms with Gasteiger partial charge in [0.15, 0.2) is 0 Å². The van der Waals surface area contributed by atoms with Crippen LogP contribution in [0, 0.1) is 0 Å². The molecule has 0 aliphatic heterocycles. The molecule has 0 radical (unpaired) electrons. The molecule has 0 saturated carbocycles. The zero-order valence-electron chi connectivity index (χ0n) is 9.51. The van der Waals surface area contributed by atoms with Crippen molar-refractivity contribution in [3.8, 4) is 10.8 Å². The molecule has 5 heteroatoms. The number of hydrogen-bond acceptors (Lipinski definition) is 5. The number of hydrogen-bond donors (Lipinski definition) is 0. The molecule has 4 nitrogen and oxygen atoms in total. The van der Waals surface area contributed by atoms with Crippen molar-refractivity contribution >= 4 is 11.3 Å². The molecular formula is C11H15N3OS. The molecule has 0 aromatic carbocycles. The van der Waals surface area contributed by atoms with Gasteiger partial charge >= 0.3 is 0 Å². The highest BCUT2D eigenvalue weighted by Crippen LogP contribution is 2.23. The monoisotopic (exact) mass is 237 g/mol. The van der Waals surface area contributed by atoms with Crippen LogP contribution in [0.15, 0.2) is 21.9 Å². The molecule has 0 atom stereocenters. The van der Waals surface area contributed by atoms with E-state index in [-0.39, 0.29) is 0 Å². The molecule has 2 aromatic heterocycles. The van der Waals surface area contributed by atoms with Gasteiger partial charge in [-0.1, -0.05) is 19.9 Å². The second-order valence-electron chi connectivity index (χ2n) is 3.44. The van der Waals surface area contributed by atoms with Crippen LogP contribution in [0.4, 0.5) is 0 Å². The first-order valence-electron chi connectivity index (χ1n) is 5.42. The Morgan fingerprint density at radius 2 is 2.12 bits per heavy atom. The Morgan fingerprint density at radius 1 is 1.31 bits per heavy atom. The zero-order valence-corrected chi connectivity index (χ0v) is 10.3. The number of aromatic nitrogens is 2. The molecule has 0 saturated heterocycles. The summed E-state index contributed by atoms with van der Waals surface area (Å²) in [6.45, 7) is 6.96. The summed E-state index contributed by atoms with van der Waals surface area (Å²) in [6.07, 6.45) is 0. The molecule has 2 aromatic rings. The minimum atomic E-state index is 0.622. The Kier molecular flexibility index (Phi) is 3.69. The van der Waals surface area contributed by atoms with Crippen molar-refractivity contribution in [2.75, 3.05) is 13.1 Å². The molecule has 0 unspecified atom stereocenters. The molecule has 0 aliphatic carbocycles. The quantitative estimate of drug-likeness (QED) is 0.801. The highest BCUT2D eigenvalue weighted by atomic mass is 32.1. The number of rotatable bonds is 5. The third-order valence-electron chi connectivity index (χ3n) is 2.45. The topological polar surface area (TPSA) is 42.2 Å². The molecule has 0 bridgehead atoms. The van der Waals surface area contributed by atoms with Crippen molar-refractivity contribution in [2.24, 2.45) is 0 Å². The first-order valence-corrected chi connectivity index (χ1v) is 6.30. The molecule has 0 aliphatic rings. The second kappa shape index (κ2) is 5.23. The van der Waals surface area contributed by atoms with Crippen LogP contribution < -0.4 is 0 Å². The van der Waals surface area contributed by atoms with E-state index in [9.17, 15) is 0 Å². The summed E-state index contributed by atoms with van der Waals surface area (Å²) in [5, 5.41) is 10.1. The summed E-state index contributed by atoms with van der Waals surface area (Å²) < 4.78 is 5.61. The highest BCUT2D eigenvalue weighted by Gasteiger charge is 2.11. The lowest BCUT2D eigenvalue weighted by Crippen LogP contribution is -2.22. The van der Waals surface area contributed by atoms with E-state index < -0.39 is 0 Å². The molecule has 16 heavy (non-hydrogen) atoms. The first kappa shape index (κ1) is 11.3. The predicted molar refractivity (Wildman–Crippen MR) is 64.2 cm³/mol. The third kappa shape index (κ3) is 2.48. The van der Waals surface area contributed by atoms with E-state index in [0.717, 1.165) is 24.5 Å². The van der Waals surface area contributed by atoms with Crippen molar-refractivity contribution in [3.63, 3.8) is 0 Å². The summed E-state index contributed by atoms with van der Waals surface area (Å²) in [4.78, 5) is 3.27. The van der Waals surface area contributed by atoms with Crippen LogP contribution in [0.5, 0.6) is 0 Å². The normalized spacial score (nSPS) is 11.2.